The molecule has 2 N–H and O–H groups in total. The van der Waals surface area contributed by atoms with Crippen molar-refractivity contribution in [1.82, 2.24) is 9.88 Å². The zero-order valence-corrected chi connectivity index (χ0v) is 13.9. The van der Waals surface area contributed by atoms with Gasteiger partial charge in [0, 0.05) is 26.4 Å². The number of anilines is 1. The molecule has 1 aromatic heterocycles. The van der Waals surface area contributed by atoms with Crippen molar-refractivity contribution in [3.8, 4) is 0 Å². The summed E-state index contributed by atoms with van der Waals surface area (Å²) in [5.74, 6) is 0.622. The highest BCUT2D eigenvalue weighted by Crippen LogP contribution is 2.25. The Morgan fingerprint density at radius 2 is 2.08 bits per heavy atom. The SMILES string of the molecule is CO[C@@H]1CN(C(=O)c2cccnc2N)CC[C@@H]1Cc1ccccc1. The third kappa shape index (κ3) is 3.57. The number of amides is 1. The average Bonchev–Trinajstić information content (AvgIpc) is 2.63. The summed E-state index contributed by atoms with van der Waals surface area (Å²) in [5, 5.41) is 0. The number of piperidine rings is 1. The fraction of sp³-hybridized carbons (Fsp3) is 0.368. The number of hydrogen-bond donors (Lipinski definition) is 1. The van der Waals surface area contributed by atoms with Crippen molar-refractivity contribution >= 4 is 11.7 Å². The number of carbonyl (C=O) groups is 1. The van der Waals surface area contributed by atoms with Crippen LogP contribution in [0.2, 0.25) is 0 Å². The molecule has 0 unspecified atom stereocenters. The van der Waals surface area contributed by atoms with Gasteiger partial charge < -0.3 is 15.4 Å². The zero-order chi connectivity index (χ0) is 16.9. The molecule has 1 amide bonds. The fourth-order valence-corrected chi connectivity index (χ4v) is 3.34. The number of likely N-dealkylation sites (tertiary alicyclic amines) is 1. The molecule has 3 rings (SSSR count). The van der Waals surface area contributed by atoms with Gasteiger partial charge in [0.05, 0.1) is 11.7 Å². The predicted molar refractivity (Wildman–Crippen MR) is 93.6 cm³/mol. The largest absolute Gasteiger partial charge is 0.383 e. The number of ether oxygens (including phenoxy) is 1. The molecule has 1 aliphatic rings. The van der Waals surface area contributed by atoms with E-state index in [9.17, 15) is 4.79 Å². The maximum absolute atomic E-state index is 12.7. The molecule has 1 saturated heterocycles. The number of methoxy groups -OCH3 is 1. The first kappa shape index (κ1) is 16.5. The summed E-state index contributed by atoms with van der Waals surface area (Å²) in [7, 11) is 1.72. The van der Waals surface area contributed by atoms with Gasteiger partial charge in [-0.3, -0.25) is 4.79 Å². The smallest absolute Gasteiger partial charge is 0.257 e. The third-order valence-corrected chi connectivity index (χ3v) is 4.70. The molecule has 126 valence electrons. The lowest BCUT2D eigenvalue weighted by molar-refractivity contribution is -0.00694. The van der Waals surface area contributed by atoms with Crippen molar-refractivity contribution in [3.05, 3.63) is 59.8 Å². The Balaban J connectivity index is 1.68. The first-order valence-electron chi connectivity index (χ1n) is 8.25. The van der Waals surface area contributed by atoms with Crippen molar-refractivity contribution in [2.75, 3.05) is 25.9 Å². The lowest BCUT2D eigenvalue weighted by Gasteiger charge is -2.38. The number of nitrogens with zero attached hydrogens (tertiary/aromatic N) is 2. The Morgan fingerprint density at radius 1 is 1.29 bits per heavy atom. The molecule has 1 aliphatic heterocycles. The van der Waals surface area contributed by atoms with Crippen LogP contribution < -0.4 is 5.73 Å². The van der Waals surface area contributed by atoms with Gasteiger partial charge in [-0.1, -0.05) is 30.3 Å². The van der Waals surface area contributed by atoms with E-state index in [0.717, 1.165) is 12.8 Å². The molecule has 0 aliphatic carbocycles. The van der Waals surface area contributed by atoms with E-state index in [4.69, 9.17) is 10.5 Å². The molecular weight excluding hydrogens is 302 g/mol. The maximum Gasteiger partial charge on any atom is 0.257 e. The highest BCUT2D eigenvalue weighted by molar-refractivity contribution is 5.98. The molecule has 1 aromatic carbocycles. The molecule has 1 fully saturated rings. The van der Waals surface area contributed by atoms with Crippen LogP contribution in [0.3, 0.4) is 0 Å². The van der Waals surface area contributed by atoms with Gasteiger partial charge in [-0.2, -0.15) is 0 Å². The predicted octanol–water partition coefficient (Wildman–Crippen LogP) is 2.38. The van der Waals surface area contributed by atoms with Crippen LogP contribution in [0, 0.1) is 5.92 Å². The summed E-state index contributed by atoms with van der Waals surface area (Å²) in [6.07, 6.45) is 3.51. The number of aromatic nitrogens is 1. The second-order valence-electron chi connectivity index (χ2n) is 6.20. The highest BCUT2D eigenvalue weighted by Gasteiger charge is 2.32. The summed E-state index contributed by atoms with van der Waals surface area (Å²) >= 11 is 0. The number of hydrogen-bond acceptors (Lipinski definition) is 4. The highest BCUT2D eigenvalue weighted by atomic mass is 16.5. The van der Waals surface area contributed by atoms with Gasteiger partial charge in [0.15, 0.2) is 0 Å². The van der Waals surface area contributed by atoms with Gasteiger partial charge in [-0.25, -0.2) is 4.98 Å². The second kappa shape index (κ2) is 7.45. The zero-order valence-electron chi connectivity index (χ0n) is 13.9. The molecule has 0 bridgehead atoms. The van der Waals surface area contributed by atoms with Gasteiger partial charge in [-0.05, 0) is 36.5 Å². The summed E-state index contributed by atoms with van der Waals surface area (Å²) in [4.78, 5) is 18.5. The summed E-state index contributed by atoms with van der Waals surface area (Å²) in [6.45, 7) is 1.30. The van der Waals surface area contributed by atoms with Gasteiger partial charge >= 0.3 is 0 Å². The van der Waals surface area contributed by atoms with E-state index in [0.29, 0.717) is 24.6 Å². The molecule has 0 saturated carbocycles. The van der Waals surface area contributed by atoms with E-state index in [2.05, 4.69) is 29.2 Å². The number of nitrogens with two attached hydrogens (primary N) is 1. The average molecular weight is 325 g/mol. The van der Waals surface area contributed by atoms with Crippen LogP contribution in [0.15, 0.2) is 48.7 Å². The van der Waals surface area contributed by atoms with E-state index in [-0.39, 0.29) is 17.8 Å². The quantitative estimate of drug-likeness (QED) is 0.937. The molecule has 0 radical (unpaired) electrons. The Morgan fingerprint density at radius 3 is 2.79 bits per heavy atom. The summed E-state index contributed by atoms with van der Waals surface area (Å²) in [6, 6.07) is 13.9. The first-order valence-corrected chi connectivity index (χ1v) is 8.25. The van der Waals surface area contributed by atoms with E-state index < -0.39 is 0 Å². The summed E-state index contributed by atoms with van der Waals surface area (Å²) in [5.41, 5.74) is 7.61. The minimum absolute atomic E-state index is 0.0285. The molecule has 2 aromatic rings. The number of benzene rings is 1. The minimum atomic E-state index is -0.0687. The first-order chi connectivity index (χ1) is 11.7. The van der Waals surface area contributed by atoms with Gasteiger partial charge in [-0.15, -0.1) is 0 Å². The number of pyridine rings is 1. The Hall–Kier alpha value is -2.40. The number of nitrogen functional groups attached to an aromatic ring is 1. The van der Waals surface area contributed by atoms with E-state index in [1.165, 1.54) is 5.56 Å². The van der Waals surface area contributed by atoms with E-state index in [1.807, 2.05) is 11.0 Å². The normalized spacial score (nSPS) is 20.8. The van der Waals surface area contributed by atoms with Crippen LogP contribution in [-0.2, 0) is 11.2 Å². The van der Waals surface area contributed by atoms with Crippen LogP contribution in [0.5, 0.6) is 0 Å². The van der Waals surface area contributed by atoms with Crippen molar-refractivity contribution < 1.29 is 9.53 Å². The van der Waals surface area contributed by atoms with Crippen LogP contribution in [0.4, 0.5) is 5.82 Å². The lowest BCUT2D eigenvalue weighted by atomic mass is 9.87. The van der Waals surface area contributed by atoms with Crippen molar-refractivity contribution in [2.45, 2.75) is 18.9 Å². The number of carbonyl (C=O) groups excluding carboxylic acids is 1. The van der Waals surface area contributed by atoms with Crippen LogP contribution in [0.1, 0.15) is 22.3 Å². The van der Waals surface area contributed by atoms with E-state index >= 15 is 0 Å². The molecule has 0 spiro atoms. The minimum Gasteiger partial charge on any atom is -0.383 e. The topological polar surface area (TPSA) is 68.5 Å². The van der Waals surface area contributed by atoms with Gasteiger partial charge in [0.2, 0.25) is 0 Å². The summed E-state index contributed by atoms with van der Waals surface area (Å²) < 4.78 is 5.68. The Kier molecular flexibility index (Phi) is 5.11. The monoisotopic (exact) mass is 325 g/mol. The molecule has 24 heavy (non-hydrogen) atoms. The van der Waals surface area contributed by atoms with Crippen molar-refractivity contribution in [3.63, 3.8) is 0 Å². The van der Waals surface area contributed by atoms with Gasteiger partial charge in [0.1, 0.15) is 5.82 Å². The molecular formula is C19H23N3O2. The van der Waals surface area contributed by atoms with Crippen LogP contribution >= 0.6 is 0 Å². The Bertz CT molecular complexity index is 690. The lowest BCUT2D eigenvalue weighted by Crippen LogP contribution is -2.48. The molecule has 5 nitrogen and oxygen atoms in total. The maximum atomic E-state index is 12.7. The van der Waals surface area contributed by atoms with E-state index in [1.54, 1.807) is 25.4 Å². The van der Waals surface area contributed by atoms with Crippen molar-refractivity contribution in [1.29, 1.82) is 0 Å². The molecule has 2 atom stereocenters. The molecule has 5 heteroatoms. The molecule has 2 heterocycles. The van der Waals surface area contributed by atoms with Crippen molar-refractivity contribution in [2.24, 2.45) is 5.92 Å². The van der Waals surface area contributed by atoms with Gasteiger partial charge in [0.25, 0.3) is 5.91 Å². The second-order valence-corrected chi connectivity index (χ2v) is 6.20. The van der Waals surface area contributed by atoms with Crippen LogP contribution in [0.25, 0.3) is 0 Å². The van der Waals surface area contributed by atoms with Crippen LogP contribution in [-0.4, -0.2) is 42.1 Å². The number of rotatable bonds is 4. The standard InChI is InChI=1S/C19H23N3O2/c1-24-17-13-22(19(23)16-8-5-10-21-18(16)20)11-9-15(17)12-14-6-3-2-4-7-14/h2-8,10,15,17H,9,11-13H2,1H3,(H2,20,21)/t15-,17-/m1/s1. The third-order valence-electron chi connectivity index (χ3n) is 4.70. The Labute approximate surface area is 142 Å². The fourth-order valence-electron chi connectivity index (χ4n) is 3.34.